The van der Waals surface area contributed by atoms with Gasteiger partial charge in [0.1, 0.15) is 12.4 Å². The van der Waals surface area contributed by atoms with Crippen molar-refractivity contribution in [2.45, 2.75) is 51.6 Å². The minimum Gasteiger partial charge on any atom is -0.488 e. The van der Waals surface area contributed by atoms with E-state index in [-0.39, 0.29) is 18.0 Å². The standard InChI is InChI=1S/C23H30N6O2/c1-16-17(2)31-14-21(16)29-12-11-23(22(29)30)9-7-19(8-10-23)25-13-18-3-5-20(6-4-18)28-27-15-26-24/h3-6,19,24-25H,2,7-15H2,1H3. The monoisotopic (exact) mass is 422 g/mol. The number of likely N-dealkylation sites (tertiary alicyclic amines) is 1. The van der Waals surface area contributed by atoms with E-state index < -0.39 is 0 Å². The summed E-state index contributed by atoms with van der Waals surface area (Å²) in [5, 5.41) is 14.6. The van der Waals surface area contributed by atoms with Gasteiger partial charge in [-0.15, -0.1) is 0 Å². The number of carbonyl (C=O) groups excluding carboxylic acids is 1. The van der Waals surface area contributed by atoms with Crippen LogP contribution in [0.15, 0.2) is 63.2 Å². The molecule has 2 N–H and O–H groups in total. The summed E-state index contributed by atoms with van der Waals surface area (Å²) in [6.45, 7) is 8.03. The Labute approximate surface area is 183 Å². The highest BCUT2D eigenvalue weighted by atomic mass is 16.5. The largest absolute Gasteiger partial charge is 0.488 e. The van der Waals surface area contributed by atoms with Crippen LogP contribution in [0.5, 0.6) is 0 Å². The predicted molar refractivity (Wildman–Crippen MR) is 117 cm³/mol. The quantitative estimate of drug-likeness (QED) is 0.615. The number of azo groups is 1. The van der Waals surface area contributed by atoms with Gasteiger partial charge in [0.05, 0.1) is 16.8 Å². The van der Waals surface area contributed by atoms with Crippen molar-refractivity contribution in [1.82, 2.24) is 10.2 Å². The Kier molecular flexibility index (Phi) is 6.27. The second kappa shape index (κ2) is 9.09. The summed E-state index contributed by atoms with van der Waals surface area (Å²) in [5.41, 5.74) is 10.5. The normalized spacial score (nSPS) is 26.4. The van der Waals surface area contributed by atoms with Gasteiger partial charge in [0, 0.05) is 24.7 Å². The Hall–Kier alpha value is -2.87. The third-order valence-electron chi connectivity index (χ3n) is 6.87. The smallest absolute Gasteiger partial charge is 0.233 e. The van der Waals surface area contributed by atoms with Crippen LogP contribution in [0.3, 0.4) is 0 Å². The Morgan fingerprint density at radius 2 is 2.00 bits per heavy atom. The summed E-state index contributed by atoms with van der Waals surface area (Å²) in [6, 6.07) is 8.35. The molecule has 0 atom stereocenters. The number of amides is 1. The molecule has 0 aromatic heterocycles. The van der Waals surface area contributed by atoms with Crippen molar-refractivity contribution in [3.05, 3.63) is 53.4 Å². The molecule has 2 heterocycles. The zero-order chi connectivity index (χ0) is 21.8. The lowest BCUT2D eigenvalue weighted by atomic mass is 9.71. The molecule has 2 fully saturated rings. The minimum atomic E-state index is -0.201. The van der Waals surface area contributed by atoms with Gasteiger partial charge >= 0.3 is 0 Å². The fourth-order valence-corrected chi connectivity index (χ4v) is 4.82. The van der Waals surface area contributed by atoms with Gasteiger partial charge in [0.2, 0.25) is 5.91 Å². The van der Waals surface area contributed by atoms with E-state index in [0.29, 0.717) is 18.4 Å². The van der Waals surface area contributed by atoms with Gasteiger partial charge in [0.15, 0.2) is 6.67 Å². The fourth-order valence-electron chi connectivity index (χ4n) is 4.82. The molecule has 31 heavy (non-hydrogen) atoms. The van der Waals surface area contributed by atoms with Crippen LogP contribution in [-0.4, -0.2) is 36.7 Å². The second-order valence-corrected chi connectivity index (χ2v) is 8.63. The van der Waals surface area contributed by atoms with Crippen LogP contribution in [0.25, 0.3) is 0 Å². The molecule has 0 radical (unpaired) electrons. The number of carbonyl (C=O) groups is 1. The molecule has 1 aromatic carbocycles. The van der Waals surface area contributed by atoms with Crippen molar-refractivity contribution in [2.24, 2.45) is 20.8 Å². The third-order valence-corrected chi connectivity index (χ3v) is 6.87. The summed E-state index contributed by atoms with van der Waals surface area (Å²) in [5.74, 6) is 0.970. The fraction of sp³-hybridized carbons (Fsp3) is 0.522. The first-order valence-corrected chi connectivity index (χ1v) is 10.9. The number of ether oxygens (including phenoxy) is 1. The van der Waals surface area contributed by atoms with Gasteiger partial charge in [-0.05, 0) is 56.7 Å². The van der Waals surface area contributed by atoms with E-state index in [9.17, 15) is 4.79 Å². The topological polar surface area (TPSA) is 102 Å². The molecule has 164 valence electrons. The van der Waals surface area contributed by atoms with E-state index in [0.717, 1.165) is 62.2 Å². The first-order valence-electron chi connectivity index (χ1n) is 10.9. The number of allylic oxidation sites excluding steroid dienone is 1. The summed E-state index contributed by atoms with van der Waals surface area (Å²) < 4.78 is 5.54. The van der Waals surface area contributed by atoms with Crippen molar-refractivity contribution >= 4 is 11.6 Å². The zero-order valence-electron chi connectivity index (χ0n) is 18.1. The van der Waals surface area contributed by atoms with Crippen LogP contribution in [0.1, 0.15) is 44.6 Å². The van der Waals surface area contributed by atoms with Crippen molar-refractivity contribution in [3.63, 3.8) is 0 Å². The number of rotatable bonds is 7. The number of benzene rings is 1. The molecule has 1 saturated heterocycles. The van der Waals surface area contributed by atoms with E-state index in [2.05, 4.69) is 27.2 Å². The SMILES string of the molecule is C=C1OCC(N2CCC3(CCC(NCc4ccc(N=NCN=N)cc4)CC3)C2=O)=C1C. The van der Waals surface area contributed by atoms with Gasteiger partial charge in [-0.3, -0.25) is 4.79 Å². The Balaban J connectivity index is 1.28. The molecular formula is C23H30N6O2. The van der Waals surface area contributed by atoms with E-state index >= 15 is 0 Å². The first-order chi connectivity index (χ1) is 15.0. The number of hydrogen-bond donors (Lipinski definition) is 2. The van der Waals surface area contributed by atoms with Crippen LogP contribution in [-0.2, 0) is 16.1 Å². The van der Waals surface area contributed by atoms with Crippen LogP contribution in [0.2, 0.25) is 0 Å². The van der Waals surface area contributed by atoms with E-state index in [1.807, 2.05) is 36.1 Å². The molecule has 2 aliphatic heterocycles. The average molecular weight is 423 g/mol. The van der Waals surface area contributed by atoms with E-state index in [1.165, 1.54) is 5.56 Å². The molecule has 8 heteroatoms. The molecule has 1 aliphatic carbocycles. The summed E-state index contributed by atoms with van der Waals surface area (Å²) in [4.78, 5) is 15.2. The number of hydrogen-bond acceptors (Lipinski definition) is 7. The van der Waals surface area contributed by atoms with E-state index in [1.54, 1.807) is 0 Å². The van der Waals surface area contributed by atoms with E-state index in [4.69, 9.17) is 10.3 Å². The maximum absolute atomic E-state index is 13.3. The molecule has 0 unspecified atom stereocenters. The molecule has 8 nitrogen and oxygen atoms in total. The molecule has 1 spiro atoms. The van der Waals surface area contributed by atoms with Gasteiger partial charge < -0.3 is 15.0 Å². The van der Waals surface area contributed by atoms with Crippen molar-refractivity contribution in [2.75, 3.05) is 19.8 Å². The minimum absolute atomic E-state index is 0.0625. The molecule has 1 saturated carbocycles. The van der Waals surface area contributed by atoms with Crippen LogP contribution < -0.4 is 5.32 Å². The lowest BCUT2D eigenvalue weighted by molar-refractivity contribution is -0.136. The molecule has 3 aliphatic rings. The van der Waals surface area contributed by atoms with Crippen LogP contribution in [0.4, 0.5) is 5.69 Å². The second-order valence-electron chi connectivity index (χ2n) is 8.63. The van der Waals surface area contributed by atoms with Gasteiger partial charge in [-0.1, -0.05) is 18.7 Å². The van der Waals surface area contributed by atoms with Crippen LogP contribution >= 0.6 is 0 Å². The lowest BCUT2D eigenvalue weighted by Crippen LogP contribution is -2.42. The zero-order valence-corrected chi connectivity index (χ0v) is 18.1. The van der Waals surface area contributed by atoms with Crippen molar-refractivity contribution in [3.8, 4) is 0 Å². The first kappa shape index (κ1) is 21.4. The Bertz CT molecular complexity index is 912. The van der Waals surface area contributed by atoms with Gasteiger partial charge in [0.25, 0.3) is 0 Å². The molecule has 0 bridgehead atoms. The predicted octanol–water partition coefficient (Wildman–Crippen LogP) is 4.83. The van der Waals surface area contributed by atoms with Crippen molar-refractivity contribution in [1.29, 1.82) is 5.53 Å². The highest BCUT2D eigenvalue weighted by Gasteiger charge is 2.49. The molecule has 4 rings (SSSR count). The summed E-state index contributed by atoms with van der Waals surface area (Å²) in [7, 11) is 0. The summed E-state index contributed by atoms with van der Waals surface area (Å²) >= 11 is 0. The molecule has 1 amide bonds. The Morgan fingerprint density at radius 3 is 2.65 bits per heavy atom. The van der Waals surface area contributed by atoms with Crippen LogP contribution in [0, 0.1) is 10.9 Å². The highest BCUT2D eigenvalue weighted by molar-refractivity contribution is 5.87. The number of nitrogens with one attached hydrogen (secondary N) is 2. The summed E-state index contributed by atoms with van der Waals surface area (Å²) in [6.07, 6.45) is 4.85. The maximum atomic E-state index is 13.3. The maximum Gasteiger partial charge on any atom is 0.233 e. The molecular weight excluding hydrogens is 392 g/mol. The van der Waals surface area contributed by atoms with Crippen molar-refractivity contribution < 1.29 is 9.53 Å². The average Bonchev–Trinajstić information content (AvgIpc) is 3.28. The Morgan fingerprint density at radius 1 is 1.26 bits per heavy atom. The number of nitrogens with zero attached hydrogens (tertiary/aromatic N) is 4. The lowest BCUT2D eigenvalue weighted by Gasteiger charge is -2.36. The molecule has 1 aromatic rings. The highest BCUT2D eigenvalue weighted by Crippen LogP contribution is 2.46. The third kappa shape index (κ3) is 4.44. The van der Waals surface area contributed by atoms with Gasteiger partial charge in [-0.25, -0.2) is 5.53 Å². The van der Waals surface area contributed by atoms with Gasteiger partial charge in [-0.2, -0.15) is 15.3 Å².